The lowest BCUT2D eigenvalue weighted by atomic mass is 10.2. The van der Waals surface area contributed by atoms with Gasteiger partial charge in [0.2, 0.25) is 0 Å². The van der Waals surface area contributed by atoms with E-state index in [1.54, 1.807) is 6.07 Å². The van der Waals surface area contributed by atoms with Crippen LogP contribution >= 0.6 is 0 Å². The van der Waals surface area contributed by atoms with Crippen molar-refractivity contribution in [1.82, 2.24) is 9.97 Å². The third-order valence-electron chi connectivity index (χ3n) is 3.37. The molecular weight excluding hydrogens is 267 g/mol. The Hall–Kier alpha value is -2.17. The highest BCUT2D eigenvalue weighted by atomic mass is 19.1. The van der Waals surface area contributed by atoms with Crippen molar-refractivity contribution in [3.8, 4) is 0 Å². The van der Waals surface area contributed by atoms with Crippen LogP contribution in [-0.2, 0) is 6.42 Å². The Labute approximate surface area is 124 Å². The van der Waals surface area contributed by atoms with Gasteiger partial charge in [0.25, 0.3) is 0 Å². The van der Waals surface area contributed by atoms with Gasteiger partial charge in [0.05, 0.1) is 0 Å². The Morgan fingerprint density at radius 2 is 2.00 bits per heavy atom. The molecule has 1 heterocycles. The van der Waals surface area contributed by atoms with E-state index in [0.29, 0.717) is 12.4 Å². The summed E-state index contributed by atoms with van der Waals surface area (Å²) in [6, 6.07) is 6.49. The maximum atomic E-state index is 13.5. The summed E-state index contributed by atoms with van der Waals surface area (Å²) in [5, 5.41) is 0. The average molecular weight is 288 g/mol. The molecule has 0 aliphatic carbocycles. The van der Waals surface area contributed by atoms with E-state index in [1.807, 2.05) is 24.8 Å². The zero-order valence-electron chi connectivity index (χ0n) is 12.7. The largest absolute Gasteiger partial charge is 0.383 e. The molecular formula is C16H21FN4. The van der Waals surface area contributed by atoms with Crippen LogP contribution in [0.3, 0.4) is 0 Å². The maximum absolute atomic E-state index is 13.5. The number of nitrogens with zero attached hydrogens (tertiary/aromatic N) is 3. The Morgan fingerprint density at radius 3 is 2.62 bits per heavy atom. The van der Waals surface area contributed by atoms with Gasteiger partial charge in [-0.1, -0.05) is 13.0 Å². The van der Waals surface area contributed by atoms with Gasteiger partial charge in [-0.05, 0) is 38.5 Å². The van der Waals surface area contributed by atoms with Gasteiger partial charge in [-0.2, -0.15) is 0 Å². The van der Waals surface area contributed by atoms with Crippen LogP contribution in [-0.4, -0.2) is 16.5 Å². The maximum Gasteiger partial charge on any atom is 0.141 e. The average Bonchev–Trinajstić information content (AvgIpc) is 2.45. The van der Waals surface area contributed by atoms with Gasteiger partial charge >= 0.3 is 0 Å². The standard InChI is InChI=1S/C16H21FN4/c1-4-7-14-19-15(18)11(3)16(20-14)21(5-2)13-9-6-8-12(17)10-13/h6,8-10H,4-5,7H2,1-3H3,(H2,18,19,20). The molecule has 4 nitrogen and oxygen atoms in total. The minimum Gasteiger partial charge on any atom is -0.383 e. The van der Waals surface area contributed by atoms with Crippen LogP contribution < -0.4 is 10.6 Å². The third kappa shape index (κ3) is 3.29. The summed E-state index contributed by atoms with van der Waals surface area (Å²) in [7, 11) is 0. The molecule has 0 amide bonds. The van der Waals surface area contributed by atoms with E-state index in [0.717, 1.165) is 35.7 Å². The van der Waals surface area contributed by atoms with Crippen LogP contribution in [0.2, 0.25) is 0 Å². The molecule has 0 bridgehead atoms. The molecule has 2 rings (SSSR count). The molecule has 1 aromatic heterocycles. The minimum atomic E-state index is -0.264. The molecule has 5 heteroatoms. The highest BCUT2D eigenvalue weighted by molar-refractivity contribution is 5.66. The molecule has 0 radical (unpaired) electrons. The van der Waals surface area contributed by atoms with Crippen LogP contribution in [0.4, 0.5) is 21.7 Å². The van der Waals surface area contributed by atoms with E-state index < -0.39 is 0 Å². The fourth-order valence-electron chi connectivity index (χ4n) is 2.27. The number of nitrogens with two attached hydrogens (primary N) is 1. The smallest absolute Gasteiger partial charge is 0.141 e. The predicted molar refractivity (Wildman–Crippen MR) is 84.3 cm³/mol. The predicted octanol–water partition coefficient (Wildman–Crippen LogP) is 3.62. The lowest BCUT2D eigenvalue weighted by Gasteiger charge is -2.24. The SMILES string of the molecule is CCCc1nc(N)c(C)c(N(CC)c2cccc(F)c2)n1. The summed E-state index contributed by atoms with van der Waals surface area (Å²) < 4.78 is 13.5. The highest BCUT2D eigenvalue weighted by Crippen LogP contribution is 2.29. The fourth-order valence-corrected chi connectivity index (χ4v) is 2.27. The van der Waals surface area contributed by atoms with Crippen molar-refractivity contribution in [3.05, 3.63) is 41.5 Å². The molecule has 21 heavy (non-hydrogen) atoms. The summed E-state index contributed by atoms with van der Waals surface area (Å²) in [4.78, 5) is 10.9. The lowest BCUT2D eigenvalue weighted by molar-refractivity contribution is 0.627. The second-order valence-corrected chi connectivity index (χ2v) is 4.95. The van der Waals surface area contributed by atoms with Gasteiger partial charge in [0, 0.05) is 24.2 Å². The highest BCUT2D eigenvalue weighted by Gasteiger charge is 2.16. The number of aryl methyl sites for hydroxylation is 1. The minimum absolute atomic E-state index is 0.264. The van der Waals surface area contributed by atoms with Gasteiger partial charge in [-0.15, -0.1) is 0 Å². The van der Waals surface area contributed by atoms with E-state index in [1.165, 1.54) is 12.1 Å². The van der Waals surface area contributed by atoms with Gasteiger partial charge in [-0.25, -0.2) is 14.4 Å². The number of benzene rings is 1. The van der Waals surface area contributed by atoms with E-state index in [4.69, 9.17) is 5.73 Å². The Balaban J connectivity index is 2.51. The van der Waals surface area contributed by atoms with Crippen LogP contribution in [0.5, 0.6) is 0 Å². The van der Waals surface area contributed by atoms with Crippen molar-refractivity contribution in [2.45, 2.75) is 33.6 Å². The second kappa shape index (κ2) is 6.52. The fraction of sp³-hybridized carbons (Fsp3) is 0.375. The molecule has 0 unspecified atom stereocenters. The first-order valence-corrected chi connectivity index (χ1v) is 7.22. The second-order valence-electron chi connectivity index (χ2n) is 4.95. The van der Waals surface area contributed by atoms with Crippen molar-refractivity contribution in [2.24, 2.45) is 0 Å². The van der Waals surface area contributed by atoms with Gasteiger partial charge in [-0.3, -0.25) is 0 Å². The Morgan fingerprint density at radius 1 is 1.24 bits per heavy atom. The quantitative estimate of drug-likeness (QED) is 0.913. The lowest BCUT2D eigenvalue weighted by Crippen LogP contribution is -2.20. The van der Waals surface area contributed by atoms with E-state index in [-0.39, 0.29) is 5.82 Å². The normalized spacial score (nSPS) is 10.7. The van der Waals surface area contributed by atoms with Crippen LogP contribution in [0.1, 0.15) is 31.7 Å². The molecule has 0 spiro atoms. The molecule has 1 aromatic carbocycles. The Kier molecular flexibility index (Phi) is 4.73. The first-order valence-electron chi connectivity index (χ1n) is 7.22. The Bertz CT molecular complexity index is 628. The zero-order chi connectivity index (χ0) is 15.4. The van der Waals surface area contributed by atoms with Crippen molar-refractivity contribution >= 4 is 17.3 Å². The summed E-state index contributed by atoms with van der Waals surface area (Å²) in [5.41, 5.74) is 7.59. The molecule has 0 saturated heterocycles. The van der Waals surface area contributed by atoms with Crippen LogP contribution in [0.25, 0.3) is 0 Å². The number of rotatable bonds is 5. The molecule has 112 valence electrons. The zero-order valence-corrected chi connectivity index (χ0v) is 12.7. The van der Waals surface area contributed by atoms with Crippen LogP contribution in [0.15, 0.2) is 24.3 Å². The van der Waals surface area contributed by atoms with E-state index >= 15 is 0 Å². The number of anilines is 3. The summed E-state index contributed by atoms with van der Waals surface area (Å²) in [6.07, 6.45) is 1.73. The molecule has 0 fully saturated rings. The van der Waals surface area contributed by atoms with Gasteiger partial charge < -0.3 is 10.6 Å². The first kappa shape index (κ1) is 15.2. The number of aromatic nitrogens is 2. The number of hydrogen-bond acceptors (Lipinski definition) is 4. The number of nitrogen functional groups attached to an aromatic ring is 1. The number of hydrogen-bond donors (Lipinski definition) is 1. The monoisotopic (exact) mass is 288 g/mol. The third-order valence-corrected chi connectivity index (χ3v) is 3.37. The summed E-state index contributed by atoms with van der Waals surface area (Å²) >= 11 is 0. The van der Waals surface area contributed by atoms with Crippen molar-refractivity contribution in [2.75, 3.05) is 17.2 Å². The number of halogens is 1. The van der Waals surface area contributed by atoms with Gasteiger partial charge in [0.15, 0.2) is 0 Å². The van der Waals surface area contributed by atoms with E-state index in [2.05, 4.69) is 16.9 Å². The molecule has 2 aromatic rings. The topological polar surface area (TPSA) is 55.0 Å². The first-order chi connectivity index (χ1) is 10.1. The van der Waals surface area contributed by atoms with Gasteiger partial charge in [0.1, 0.15) is 23.3 Å². The summed E-state index contributed by atoms with van der Waals surface area (Å²) in [5.74, 6) is 1.70. The van der Waals surface area contributed by atoms with Crippen molar-refractivity contribution in [1.29, 1.82) is 0 Å². The molecule has 2 N–H and O–H groups in total. The molecule has 0 aliphatic rings. The molecule has 0 atom stereocenters. The van der Waals surface area contributed by atoms with E-state index in [9.17, 15) is 4.39 Å². The van der Waals surface area contributed by atoms with Crippen molar-refractivity contribution in [3.63, 3.8) is 0 Å². The molecule has 0 aliphatic heterocycles. The molecule has 0 saturated carbocycles. The van der Waals surface area contributed by atoms with Crippen molar-refractivity contribution < 1.29 is 4.39 Å². The van der Waals surface area contributed by atoms with Crippen LogP contribution in [0, 0.1) is 12.7 Å². The summed E-state index contributed by atoms with van der Waals surface area (Å²) in [6.45, 7) is 6.64.